The van der Waals surface area contributed by atoms with E-state index in [0.717, 1.165) is 33.3 Å². The third-order valence-electron chi connectivity index (χ3n) is 8.53. The summed E-state index contributed by atoms with van der Waals surface area (Å²) in [4.78, 5) is 6.31. The second-order valence-corrected chi connectivity index (χ2v) is 17.6. The molecule has 2 aromatic rings. The lowest BCUT2D eigenvalue weighted by molar-refractivity contribution is -0.870. The maximum absolute atomic E-state index is 9.48. The van der Waals surface area contributed by atoms with Gasteiger partial charge < -0.3 is 47.0 Å². The predicted molar refractivity (Wildman–Crippen MR) is 228 cm³/mol. The lowest BCUT2D eigenvalue weighted by Gasteiger charge is -2.33. The molecule has 320 valence electrons. The van der Waals surface area contributed by atoms with E-state index in [0.29, 0.717) is 106 Å². The first-order valence-corrected chi connectivity index (χ1v) is 20.7. The van der Waals surface area contributed by atoms with Gasteiger partial charge in [0.15, 0.2) is 0 Å². The van der Waals surface area contributed by atoms with Gasteiger partial charge in [0.1, 0.15) is 24.2 Å². The van der Waals surface area contributed by atoms with Gasteiger partial charge >= 0.3 is 0 Å². The van der Waals surface area contributed by atoms with E-state index < -0.39 is 0 Å². The third-order valence-corrected chi connectivity index (χ3v) is 9.60. The number of aryl methyl sites for hydroxylation is 1. The molecule has 0 N–H and O–H groups in total. The summed E-state index contributed by atoms with van der Waals surface area (Å²) in [5.41, 5.74) is 3.50. The van der Waals surface area contributed by atoms with Gasteiger partial charge in [0.05, 0.1) is 150 Å². The largest absolute Gasteiger partial charge is 0.377 e. The summed E-state index contributed by atoms with van der Waals surface area (Å²) in [7, 11) is 12.9. The molecule has 0 aliphatic carbocycles. The molecule has 2 atom stereocenters. The highest BCUT2D eigenvalue weighted by atomic mass is 32.1. The quantitative estimate of drug-likeness (QED) is 0.0352. The van der Waals surface area contributed by atoms with Crippen molar-refractivity contribution in [1.29, 1.82) is 5.26 Å². The molecule has 0 saturated heterocycles. The highest BCUT2D eigenvalue weighted by Gasteiger charge is 2.23. The standard InChI is InChI=1S/C42H71N7O7S/c1-32(2)55-30-37(53-24-22-51-19-17-49(11,12)13)28-47(29-38(31-56-33(3)4)54-25-23-52-21-20-50-18-16-48(8,9)10)36-14-15-39(34(5)26-36)45-46-42-41(44-7)35(6)40(27-43)57-42/h14-15,26,32-33,37-38H,16-25,28-31H2,1-6,8-13H3/q+2. The normalized spacial score (nSPS) is 13.4. The average molecular weight is 818 g/mol. The van der Waals surface area contributed by atoms with Crippen molar-refractivity contribution < 1.29 is 42.1 Å². The van der Waals surface area contributed by atoms with Gasteiger partial charge in [0.2, 0.25) is 5.69 Å². The third kappa shape index (κ3) is 21.5. The maximum Gasteiger partial charge on any atom is 0.229 e. The van der Waals surface area contributed by atoms with Crippen LogP contribution in [-0.2, 0) is 33.2 Å². The average Bonchev–Trinajstić information content (AvgIpc) is 3.44. The first kappa shape index (κ1) is 50.1. The number of likely N-dealkylation sites (N-methyl/N-ethyl adjacent to an activating group) is 2. The van der Waals surface area contributed by atoms with Crippen molar-refractivity contribution in [1.82, 2.24) is 0 Å². The summed E-state index contributed by atoms with van der Waals surface area (Å²) in [6, 6.07) is 8.15. The molecule has 2 unspecified atom stereocenters. The fraction of sp³-hybridized carbons (Fsp3) is 0.714. The molecule has 14 nitrogen and oxygen atoms in total. The molecule has 0 amide bonds. The molecule has 0 radical (unpaired) electrons. The van der Waals surface area contributed by atoms with Gasteiger partial charge in [0.25, 0.3) is 0 Å². The van der Waals surface area contributed by atoms with Crippen LogP contribution in [0.25, 0.3) is 4.85 Å². The van der Waals surface area contributed by atoms with Crippen molar-refractivity contribution in [3.63, 3.8) is 0 Å². The van der Waals surface area contributed by atoms with E-state index >= 15 is 0 Å². The fourth-order valence-corrected chi connectivity index (χ4v) is 6.04. The molecule has 2 rings (SSSR count). The number of quaternary nitrogens is 2. The molecule has 57 heavy (non-hydrogen) atoms. The Morgan fingerprint density at radius 3 is 1.67 bits per heavy atom. The highest BCUT2D eigenvalue weighted by molar-refractivity contribution is 7.17. The van der Waals surface area contributed by atoms with E-state index in [1.54, 1.807) is 6.92 Å². The van der Waals surface area contributed by atoms with Crippen LogP contribution in [0.1, 0.15) is 43.7 Å². The number of azo groups is 1. The maximum atomic E-state index is 9.48. The van der Waals surface area contributed by atoms with Crippen molar-refractivity contribution in [3.8, 4) is 6.07 Å². The number of thiophene rings is 1. The first-order chi connectivity index (χ1) is 26.9. The molecule has 15 heteroatoms. The Kier molecular flexibility index (Phi) is 23.0. The molecular weight excluding hydrogens is 747 g/mol. The highest BCUT2D eigenvalue weighted by Crippen LogP contribution is 2.42. The van der Waals surface area contributed by atoms with Crippen molar-refractivity contribution in [2.75, 3.05) is 139 Å². The molecule has 0 fully saturated rings. The number of nitriles is 1. The summed E-state index contributed by atoms with van der Waals surface area (Å²) >= 11 is 1.18. The van der Waals surface area contributed by atoms with Crippen LogP contribution >= 0.6 is 11.3 Å². The van der Waals surface area contributed by atoms with E-state index in [1.165, 1.54) is 11.3 Å². The SMILES string of the molecule is [C-]#[N+]c1c(N=Nc2ccc(N(CC(COC(C)C)OCCOCCOCC[N+](C)(C)C)CC(COC(C)C)OCCOCC[N+](C)(C)C)cc2C)sc(C#N)c1C. The van der Waals surface area contributed by atoms with Gasteiger partial charge in [-0.2, -0.15) is 15.5 Å². The van der Waals surface area contributed by atoms with Gasteiger partial charge in [-0.1, -0.05) is 0 Å². The van der Waals surface area contributed by atoms with Crippen molar-refractivity contribution in [2.24, 2.45) is 10.2 Å². The van der Waals surface area contributed by atoms with E-state index in [2.05, 4.69) is 74.4 Å². The number of rotatable bonds is 30. The van der Waals surface area contributed by atoms with Gasteiger partial charge in [-0.25, -0.2) is 4.85 Å². The van der Waals surface area contributed by atoms with Gasteiger partial charge in [-0.15, -0.1) is 11.3 Å². The molecular formula is C42H71N7O7S+2. The zero-order valence-corrected chi connectivity index (χ0v) is 37.7. The number of hydrogen-bond acceptors (Lipinski definition) is 12. The molecule has 0 aliphatic heterocycles. The summed E-state index contributed by atoms with van der Waals surface area (Å²) in [5, 5.41) is 18.8. The molecule has 1 heterocycles. The Morgan fingerprint density at radius 2 is 1.23 bits per heavy atom. The molecule has 0 spiro atoms. The molecule has 0 saturated carbocycles. The van der Waals surface area contributed by atoms with E-state index in [1.807, 2.05) is 46.8 Å². The van der Waals surface area contributed by atoms with Crippen LogP contribution in [0.2, 0.25) is 0 Å². The summed E-state index contributed by atoms with van der Waals surface area (Å²) < 4.78 is 44.2. The minimum absolute atomic E-state index is 0.0314. The zero-order chi connectivity index (χ0) is 42.4. The topological polar surface area (TPSA) is 121 Å². The second kappa shape index (κ2) is 26.1. The Labute approximate surface area is 347 Å². The van der Waals surface area contributed by atoms with E-state index in [-0.39, 0.29) is 24.4 Å². The van der Waals surface area contributed by atoms with Gasteiger partial charge in [0, 0.05) is 18.8 Å². The number of ether oxygens (including phenoxy) is 7. The van der Waals surface area contributed by atoms with Crippen LogP contribution in [0, 0.1) is 31.8 Å². The predicted octanol–water partition coefficient (Wildman–Crippen LogP) is 7.09. The number of anilines is 1. The van der Waals surface area contributed by atoms with Crippen molar-refractivity contribution in [3.05, 3.63) is 45.6 Å². The Morgan fingerprint density at radius 1 is 0.737 bits per heavy atom. The smallest absolute Gasteiger partial charge is 0.229 e. The van der Waals surface area contributed by atoms with Gasteiger partial charge in [-0.3, -0.25) is 0 Å². The van der Waals surface area contributed by atoms with Crippen LogP contribution in [0.5, 0.6) is 0 Å². The number of nitrogens with zero attached hydrogens (tertiary/aromatic N) is 7. The van der Waals surface area contributed by atoms with Gasteiger partial charge in [-0.05, 0) is 70.9 Å². The van der Waals surface area contributed by atoms with E-state index in [9.17, 15) is 5.26 Å². The lowest BCUT2D eigenvalue weighted by Crippen LogP contribution is -2.44. The van der Waals surface area contributed by atoms with Crippen molar-refractivity contribution >= 4 is 33.4 Å². The summed E-state index contributed by atoms with van der Waals surface area (Å²) in [6.45, 7) is 27.2. The Bertz CT molecular complexity index is 1560. The number of hydrogen-bond donors (Lipinski definition) is 0. The van der Waals surface area contributed by atoms with Crippen LogP contribution in [0.4, 0.5) is 22.1 Å². The first-order valence-electron chi connectivity index (χ1n) is 19.9. The summed E-state index contributed by atoms with van der Waals surface area (Å²) in [5.74, 6) is 0. The molecule has 1 aromatic heterocycles. The van der Waals surface area contributed by atoms with Crippen LogP contribution in [-0.4, -0.2) is 168 Å². The number of benzene rings is 1. The van der Waals surface area contributed by atoms with Crippen LogP contribution in [0.15, 0.2) is 28.4 Å². The van der Waals surface area contributed by atoms with Crippen molar-refractivity contribution in [2.45, 2.75) is 66.0 Å². The zero-order valence-electron chi connectivity index (χ0n) is 36.8. The minimum Gasteiger partial charge on any atom is -0.377 e. The van der Waals surface area contributed by atoms with Crippen LogP contribution in [0.3, 0.4) is 0 Å². The second-order valence-electron chi connectivity index (χ2n) is 16.6. The summed E-state index contributed by atoms with van der Waals surface area (Å²) in [6.07, 6.45) is -0.463. The Hall–Kier alpha value is -3.06. The molecule has 1 aromatic carbocycles. The molecule has 0 bridgehead atoms. The lowest BCUT2D eigenvalue weighted by atomic mass is 10.1. The Balaban J connectivity index is 2.30. The van der Waals surface area contributed by atoms with E-state index in [4.69, 9.17) is 39.7 Å². The fourth-order valence-electron chi connectivity index (χ4n) is 5.18. The molecule has 0 aliphatic rings. The minimum atomic E-state index is -0.273. The monoisotopic (exact) mass is 818 g/mol. The van der Waals surface area contributed by atoms with Crippen LogP contribution < -0.4 is 4.90 Å².